The Morgan fingerprint density at radius 2 is 2.21 bits per heavy atom. The summed E-state index contributed by atoms with van der Waals surface area (Å²) in [6, 6.07) is 3.86. The SMILES string of the molecule is CN(CCc1cccnc1)c1ncncc1C(=O)O. The van der Waals surface area contributed by atoms with Crippen LogP contribution in [0.4, 0.5) is 5.82 Å². The van der Waals surface area contributed by atoms with E-state index in [1.165, 1.54) is 12.5 Å². The Labute approximate surface area is 110 Å². The van der Waals surface area contributed by atoms with Crippen LogP contribution in [-0.4, -0.2) is 39.6 Å². The van der Waals surface area contributed by atoms with E-state index in [1.54, 1.807) is 17.3 Å². The van der Waals surface area contributed by atoms with Gasteiger partial charge in [0.1, 0.15) is 17.7 Å². The number of rotatable bonds is 5. The van der Waals surface area contributed by atoms with Crippen LogP contribution in [0.5, 0.6) is 0 Å². The van der Waals surface area contributed by atoms with Crippen LogP contribution < -0.4 is 4.90 Å². The summed E-state index contributed by atoms with van der Waals surface area (Å²) in [7, 11) is 1.81. The van der Waals surface area contributed by atoms with E-state index in [2.05, 4.69) is 15.0 Å². The fourth-order valence-electron chi connectivity index (χ4n) is 1.73. The third-order valence-electron chi connectivity index (χ3n) is 2.74. The summed E-state index contributed by atoms with van der Waals surface area (Å²) in [5, 5.41) is 9.08. The van der Waals surface area contributed by atoms with Gasteiger partial charge in [0.05, 0.1) is 0 Å². The van der Waals surface area contributed by atoms with Crippen molar-refractivity contribution in [3.63, 3.8) is 0 Å². The van der Waals surface area contributed by atoms with Gasteiger partial charge in [-0.05, 0) is 18.1 Å². The summed E-state index contributed by atoms with van der Waals surface area (Å²) in [6.07, 6.45) is 6.95. The van der Waals surface area contributed by atoms with E-state index in [1.807, 2.05) is 19.2 Å². The minimum atomic E-state index is -1.02. The summed E-state index contributed by atoms with van der Waals surface area (Å²) in [6.45, 7) is 0.656. The van der Waals surface area contributed by atoms with Crippen LogP contribution in [-0.2, 0) is 6.42 Å². The molecule has 2 heterocycles. The number of carbonyl (C=O) groups is 1. The number of hydrogen-bond acceptors (Lipinski definition) is 5. The maximum absolute atomic E-state index is 11.1. The molecule has 2 aromatic heterocycles. The zero-order valence-corrected chi connectivity index (χ0v) is 10.5. The highest BCUT2D eigenvalue weighted by Gasteiger charge is 2.14. The highest BCUT2D eigenvalue weighted by atomic mass is 16.4. The second-order valence-electron chi connectivity index (χ2n) is 4.10. The van der Waals surface area contributed by atoms with Crippen LogP contribution in [0.2, 0.25) is 0 Å². The molecule has 2 rings (SSSR count). The first-order valence-corrected chi connectivity index (χ1v) is 5.82. The molecule has 1 N–H and O–H groups in total. The molecule has 2 aromatic rings. The molecule has 0 fully saturated rings. The van der Waals surface area contributed by atoms with E-state index in [9.17, 15) is 4.79 Å². The molecule has 0 amide bonds. The predicted molar refractivity (Wildman–Crippen MR) is 70.2 cm³/mol. The molecule has 0 aliphatic rings. The minimum absolute atomic E-state index is 0.108. The van der Waals surface area contributed by atoms with E-state index in [-0.39, 0.29) is 5.56 Å². The van der Waals surface area contributed by atoms with Crippen molar-refractivity contribution in [1.29, 1.82) is 0 Å². The number of carboxylic acid groups (broad SMARTS) is 1. The lowest BCUT2D eigenvalue weighted by Crippen LogP contribution is -2.24. The lowest BCUT2D eigenvalue weighted by atomic mass is 10.2. The topological polar surface area (TPSA) is 79.2 Å². The van der Waals surface area contributed by atoms with Gasteiger partial charge in [-0.15, -0.1) is 0 Å². The number of aromatic carboxylic acids is 1. The maximum Gasteiger partial charge on any atom is 0.341 e. The van der Waals surface area contributed by atoms with Gasteiger partial charge in [-0.2, -0.15) is 0 Å². The lowest BCUT2D eigenvalue weighted by Gasteiger charge is -2.19. The fraction of sp³-hybridized carbons (Fsp3) is 0.231. The first kappa shape index (κ1) is 12.9. The molecular weight excluding hydrogens is 244 g/mol. The molecular formula is C13H14N4O2. The van der Waals surface area contributed by atoms with E-state index in [4.69, 9.17) is 5.11 Å². The normalized spacial score (nSPS) is 10.2. The highest BCUT2D eigenvalue weighted by Crippen LogP contribution is 2.14. The van der Waals surface area contributed by atoms with Gasteiger partial charge in [0, 0.05) is 32.2 Å². The predicted octanol–water partition coefficient (Wildman–Crippen LogP) is 1.25. The zero-order chi connectivity index (χ0) is 13.7. The smallest absolute Gasteiger partial charge is 0.341 e. The van der Waals surface area contributed by atoms with Crippen LogP contribution in [0.25, 0.3) is 0 Å². The maximum atomic E-state index is 11.1. The van der Waals surface area contributed by atoms with Crippen LogP contribution >= 0.6 is 0 Å². The van der Waals surface area contributed by atoms with Gasteiger partial charge in [-0.1, -0.05) is 6.07 Å². The summed E-state index contributed by atoms with van der Waals surface area (Å²) >= 11 is 0. The number of carboxylic acids is 1. The van der Waals surface area contributed by atoms with Crippen molar-refractivity contribution in [2.24, 2.45) is 0 Å². The Bertz CT molecular complexity index is 560. The lowest BCUT2D eigenvalue weighted by molar-refractivity contribution is 0.0696. The highest BCUT2D eigenvalue weighted by molar-refractivity contribution is 5.92. The van der Waals surface area contributed by atoms with Crippen LogP contribution in [0.1, 0.15) is 15.9 Å². The molecule has 0 radical (unpaired) electrons. The number of hydrogen-bond donors (Lipinski definition) is 1. The first-order chi connectivity index (χ1) is 9.18. The van der Waals surface area contributed by atoms with Gasteiger partial charge < -0.3 is 10.0 Å². The monoisotopic (exact) mass is 258 g/mol. The van der Waals surface area contributed by atoms with Crippen LogP contribution in [0.15, 0.2) is 37.1 Å². The quantitative estimate of drug-likeness (QED) is 0.869. The molecule has 98 valence electrons. The van der Waals surface area contributed by atoms with Crippen molar-refractivity contribution < 1.29 is 9.90 Å². The van der Waals surface area contributed by atoms with E-state index in [0.717, 1.165) is 12.0 Å². The van der Waals surface area contributed by atoms with Crippen molar-refractivity contribution in [2.75, 3.05) is 18.5 Å². The van der Waals surface area contributed by atoms with Gasteiger partial charge in [-0.25, -0.2) is 14.8 Å². The second-order valence-corrected chi connectivity index (χ2v) is 4.10. The molecule has 0 aliphatic carbocycles. The van der Waals surface area contributed by atoms with E-state index < -0.39 is 5.97 Å². The van der Waals surface area contributed by atoms with Gasteiger partial charge in [0.15, 0.2) is 0 Å². The summed E-state index contributed by atoms with van der Waals surface area (Å²) in [5.74, 6) is -0.602. The van der Waals surface area contributed by atoms with E-state index in [0.29, 0.717) is 12.4 Å². The molecule has 0 spiro atoms. The minimum Gasteiger partial charge on any atom is -0.477 e. The summed E-state index contributed by atoms with van der Waals surface area (Å²) < 4.78 is 0. The Balaban J connectivity index is 2.08. The Morgan fingerprint density at radius 1 is 1.37 bits per heavy atom. The van der Waals surface area contributed by atoms with Crippen molar-refractivity contribution >= 4 is 11.8 Å². The first-order valence-electron chi connectivity index (χ1n) is 5.82. The number of likely N-dealkylation sites (N-methyl/N-ethyl adjacent to an activating group) is 1. The zero-order valence-electron chi connectivity index (χ0n) is 10.5. The van der Waals surface area contributed by atoms with Crippen molar-refractivity contribution in [2.45, 2.75) is 6.42 Å². The Morgan fingerprint density at radius 3 is 2.89 bits per heavy atom. The standard InChI is InChI=1S/C13H14N4O2/c1-17(6-4-10-3-2-5-14-7-10)12-11(13(18)19)8-15-9-16-12/h2-3,5,7-9H,4,6H2,1H3,(H,18,19). The molecule has 0 aliphatic heterocycles. The summed E-state index contributed by atoms with van der Waals surface area (Å²) in [4.78, 5) is 24.7. The fourth-order valence-corrected chi connectivity index (χ4v) is 1.73. The average molecular weight is 258 g/mol. The van der Waals surface area contributed by atoms with Crippen molar-refractivity contribution in [3.05, 3.63) is 48.2 Å². The molecule has 0 saturated heterocycles. The molecule has 0 atom stereocenters. The second kappa shape index (κ2) is 5.90. The molecule has 19 heavy (non-hydrogen) atoms. The molecule has 6 heteroatoms. The number of nitrogens with zero attached hydrogens (tertiary/aromatic N) is 4. The third kappa shape index (κ3) is 3.25. The Kier molecular flexibility index (Phi) is 4.02. The van der Waals surface area contributed by atoms with Gasteiger partial charge in [0.2, 0.25) is 0 Å². The Hall–Kier alpha value is -2.50. The average Bonchev–Trinajstić information content (AvgIpc) is 2.46. The molecule has 0 bridgehead atoms. The third-order valence-corrected chi connectivity index (χ3v) is 2.74. The van der Waals surface area contributed by atoms with Crippen molar-refractivity contribution in [3.8, 4) is 0 Å². The summed E-state index contributed by atoms with van der Waals surface area (Å²) in [5.41, 5.74) is 1.21. The molecule has 0 saturated carbocycles. The van der Waals surface area contributed by atoms with Crippen LogP contribution in [0, 0.1) is 0 Å². The molecule has 6 nitrogen and oxygen atoms in total. The number of aromatic nitrogens is 3. The van der Waals surface area contributed by atoms with Crippen molar-refractivity contribution in [1.82, 2.24) is 15.0 Å². The van der Waals surface area contributed by atoms with Gasteiger partial charge in [0.25, 0.3) is 0 Å². The number of pyridine rings is 1. The van der Waals surface area contributed by atoms with Gasteiger partial charge >= 0.3 is 5.97 Å². The molecule has 0 aromatic carbocycles. The van der Waals surface area contributed by atoms with Gasteiger partial charge in [-0.3, -0.25) is 4.98 Å². The van der Waals surface area contributed by atoms with E-state index >= 15 is 0 Å². The molecule has 0 unspecified atom stereocenters. The largest absolute Gasteiger partial charge is 0.477 e. The number of anilines is 1. The van der Waals surface area contributed by atoms with Crippen LogP contribution in [0.3, 0.4) is 0 Å².